The van der Waals surface area contributed by atoms with Crippen LogP contribution in [0.25, 0.3) is 5.57 Å². The van der Waals surface area contributed by atoms with Crippen LogP contribution in [0.2, 0.25) is 0 Å². The molecule has 1 N–H and O–H groups in total. The summed E-state index contributed by atoms with van der Waals surface area (Å²) in [7, 11) is 0. The third kappa shape index (κ3) is 4.95. The topological polar surface area (TPSA) is 37.3 Å². The molecule has 0 bridgehead atoms. The predicted octanol–water partition coefficient (Wildman–Crippen LogP) is 5.72. The van der Waals surface area contributed by atoms with Crippen molar-refractivity contribution in [3.05, 3.63) is 64.8 Å². The first-order valence-corrected chi connectivity index (χ1v) is 8.34. The van der Waals surface area contributed by atoms with Crippen LogP contribution in [0, 0.1) is 0 Å². The maximum absolute atomic E-state index is 10.6. The third-order valence-electron chi connectivity index (χ3n) is 4.46. The van der Waals surface area contributed by atoms with Gasteiger partial charge in [0.05, 0.1) is 0 Å². The molecule has 0 saturated heterocycles. The largest absolute Gasteiger partial charge is 0.478 e. The molecule has 0 fully saturated rings. The minimum Gasteiger partial charge on any atom is -0.478 e. The van der Waals surface area contributed by atoms with Crippen molar-refractivity contribution in [3.8, 4) is 0 Å². The van der Waals surface area contributed by atoms with Gasteiger partial charge < -0.3 is 5.11 Å². The van der Waals surface area contributed by atoms with E-state index in [0.717, 1.165) is 24.8 Å². The fourth-order valence-electron chi connectivity index (χ4n) is 3.18. The number of carboxylic acid groups (broad SMARTS) is 1. The van der Waals surface area contributed by atoms with Crippen LogP contribution < -0.4 is 0 Å². The molecule has 1 aromatic rings. The molecule has 1 aliphatic rings. The minimum atomic E-state index is -0.863. The first kappa shape index (κ1) is 17.3. The molecule has 23 heavy (non-hydrogen) atoms. The van der Waals surface area contributed by atoms with Crippen LogP contribution >= 0.6 is 0 Å². The van der Waals surface area contributed by atoms with Crippen LogP contribution in [-0.2, 0) is 4.79 Å². The highest BCUT2D eigenvalue weighted by Crippen LogP contribution is 2.38. The van der Waals surface area contributed by atoms with E-state index < -0.39 is 5.97 Å². The zero-order valence-electron chi connectivity index (χ0n) is 14.3. The van der Waals surface area contributed by atoms with Crippen LogP contribution in [0.15, 0.2) is 53.6 Å². The van der Waals surface area contributed by atoms with Crippen LogP contribution in [0.5, 0.6) is 0 Å². The van der Waals surface area contributed by atoms with Crippen molar-refractivity contribution < 1.29 is 9.90 Å². The lowest BCUT2D eigenvalue weighted by molar-refractivity contribution is -0.131. The van der Waals surface area contributed by atoms with Crippen molar-refractivity contribution in [2.24, 2.45) is 0 Å². The Bertz CT molecular complexity index is 662. The van der Waals surface area contributed by atoms with Crippen molar-refractivity contribution in [3.63, 3.8) is 0 Å². The summed E-state index contributed by atoms with van der Waals surface area (Å²) in [5.74, 6) is -0.227. The quantitative estimate of drug-likeness (QED) is 0.706. The number of hydrogen-bond acceptors (Lipinski definition) is 1. The van der Waals surface area contributed by atoms with E-state index in [1.54, 1.807) is 0 Å². The van der Waals surface area contributed by atoms with Crippen LogP contribution in [0.3, 0.4) is 0 Å². The van der Waals surface area contributed by atoms with Crippen LogP contribution in [-0.4, -0.2) is 11.1 Å². The SMILES string of the molecule is CC(=C/CC/C(C)=C/C(=O)O)/C=C1\CC[C@@H](C)c2ccccc21. The normalized spacial score (nSPS) is 20.5. The van der Waals surface area contributed by atoms with E-state index >= 15 is 0 Å². The summed E-state index contributed by atoms with van der Waals surface area (Å²) in [6, 6.07) is 8.71. The highest BCUT2D eigenvalue weighted by Gasteiger charge is 2.19. The van der Waals surface area contributed by atoms with Gasteiger partial charge in [0.1, 0.15) is 0 Å². The van der Waals surface area contributed by atoms with Crippen molar-refractivity contribution in [1.82, 2.24) is 0 Å². The average Bonchev–Trinajstić information content (AvgIpc) is 2.49. The van der Waals surface area contributed by atoms with Gasteiger partial charge in [-0.1, -0.05) is 54.5 Å². The maximum atomic E-state index is 10.6. The molecule has 0 spiro atoms. The molecule has 2 nitrogen and oxygen atoms in total. The van der Waals surface area contributed by atoms with Crippen molar-refractivity contribution in [2.75, 3.05) is 0 Å². The lowest BCUT2D eigenvalue weighted by atomic mass is 9.80. The molecule has 122 valence electrons. The fraction of sp³-hybridized carbons (Fsp3) is 0.381. The van der Waals surface area contributed by atoms with Crippen molar-refractivity contribution in [1.29, 1.82) is 0 Å². The first-order valence-electron chi connectivity index (χ1n) is 8.34. The predicted molar refractivity (Wildman–Crippen MR) is 96.5 cm³/mol. The van der Waals surface area contributed by atoms with Gasteiger partial charge >= 0.3 is 5.97 Å². The second kappa shape index (κ2) is 7.96. The van der Waals surface area contributed by atoms with E-state index in [1.165, 1.54) is 34.8 Å². The Kier molecular flexibility index (Phi) is 5.97. The molecule has 0 unspecified atom stereocenters. The van der Waals surface area contributed by atoms with E-state index in [1.807, 2.05) is 6.92 Å². The molecule has 0 amide bonds. The molecule has 0 radical (unpaired) electrons. The van der Waals surface area contributed by atoms with Gasteiger partial charge in [-0.15, -0.1) is 0 Å². The number of carbonyl (C=O) groups is 1. The second-order valence-electron chi connectivity index (χ2n) is 6.51. The lowest BCUT2D eigenvalue weighted by Crippen LogP contribution is -2.06. The first-order chi connectivity index (χ1) is 11.0. The van der Waals surface area contributed by atoms with E-state index in [-0.39, 0.29) is 0 Å². The number of benzene rings is 1. The van der Waals surface area contributed by atoms with Crippen molar-refractivity contribution in [2.45, 2.75) is 52.4 Å². The molecular weight excluding hydrogens is 284 g/mol. The molecule has 0 saturated carbocycles. The van der Waals surface area contributed by atoms with Gasteiger partial charge in [0.15, 0.2) is 0 Å². The zero-order valence-corrected chi connectivity index (χ0v) is 14.3. The summed E-state index contributed by atoms with van der Waals surface area (Å²) >= 11 is 0. The Hall–Kier alpha value is -2.09. The lowest BCUT2D eigenvalue weighted by Gasteiger charge is -2.24. The summed E-state index contributed by atoms with van der Waals surface area (Å²) < 4.78 is 0. The molecule has 2 rings (SSSR count). The summed E-state index contributed by atoms with van der Waals surface area (Å²) in [6.45, 7) is 6.30. The van der Waals surface area contributed by atoms with Gasteiger partial charge in [-0.25, -0.2) is 4.79 Å². The van der Waals surface area contributed by atoms with Gasteiger partial charge in [-0.3, -0.25) is 0 Å². The number of fused-ring (bicyclic) bond motifs is 1. The molecule has 0 aromatic heterocycles. The monoisotopic (exact) mass is 310 g/mol. The molecule has 0 aliphatic heterocycles. The smallest absolute Gasteiger partial charge is 0.328 e. The van der Waals surface area contributed by atoms with Crippen molar-refractivity contribution >= 4 is 11.5 Å². The molecule has 1 aromatic carbocycles. The fourth-order valence-corrected chi connectivity index (χ4v) is 3.18. The number of hydrogen-bond donors (Lipinski definition) is 1. The van der Waals surface area contributed by atoms with E-state index in [9.17, 15) is 4.79 Å². The third-order valence-corrected chi connectivity index (χ3v) is 4.46. The Balaban J connectivity index is 2.08. The summed E-state index contributed by atoms with van der Waals surface area (Å²) in [4.78, 5) is 10.6. The number of allylic oxidation sites excluding steroid dienone is 5. The standard InChI is InChI=1S/C21H26O2/c1-15(7-6-8-16(2)14-21(22)23)13-18-12-11-17(3)19-9-4-5-10-20(18)19/h4-5,7,9-10,13-14,17H,6,8,11-12H2,1-3H3,(H,22,23)/b15-7-,16-14+,18-13+/t17-/m1/s1. The highest BCUT2D eigenvalue weighted by atomic mass is 16.4. The Morgan fingerprint density at radius 3 is 2.78 bits per heavy atom. The van der Waals surface area contributed by atoms with Gasteiger partial charge in [-0.05, 0) is 62.1 Å². The zero-order chi connectivity index (χ0) is 16.8. The Morgan fingerprint density at radius 1 is 1.30 bits per heavy atom. The highest BCUT2D eigenvalue weighted by molar-refractivity contribution is 5.80. The maximum Gasteiger partial charge on any atom is 0.328 e. The molecular formula is C21H26O2. The van der Waals surface area contributed by atoms with Gasteiger partial charge in [0.2, 0.25) is 0 Å². The van der Waals surface area contributed by atoms with Crippen LogP contribution in [0.4, 0.5) is 0 Å². The number of carboxylic acids is 1. The Labute approximate surface area is 139 Å². The Morgan fingerprint density at radius 2 is 2.04 bits per heavy atom. The second-order valence-corrected chi connectivity index (χ2v) is 6.51. The summed E-state index contributed by atoms with van der Waals surface area (Å²) in [5, 5.41) is 8.72. The number of aliphatic carboxylic acids is 1. The summed E-state index contributed by atoms with van der Waals surface area (Å²) in [5.41, 5.74) is 6.43. The molecule has 1 aliphatic carbocycles. The molecule has 0 heterocycles. The average molecular weight is 310 g/mol. The number of rotatable bonds is 5. The van der Waals surface area contributed by atoms with Crippen LogP contribution in [0.1, 0.15) is 63.5 Å². The molecule has 2 heteroatoms. The van der Waals surface area contributed by atoms with E-state index in [2.05, 4.69) is 50.3 Å². The minimum absolute atomic E-state index is 0.636. The molecule has 1 atom stereocenters. The van der Waals surface area contributed by atoms with E-state index in [4.69, 9.17) is 5.11 Å². The summed E-state index contributed by atoms with van der Waals surface area (Å²) in [6.07, 6.45) is 9.79. The van der Waals surface area contributed by atoms with Gasteiger partial charge in [0, 0.05) is 6.08 Å². The van der Waals surface area contributed by atoms with Gasteiger partial charge in [-0.2, -0.15) is 0 Å². The van der Waals surface area contributed by atoms with E-state index in [0.29, 0.717) is 5.92 Å². The van der Waals surface area contributed by atoms with Gasteiger partial charge in [0.25, 0.3) is 0 Å².